The number of carbonyl (C=O) groups is 1. The quantitative estimate of drug-likeness (QED) is 0.773. The monoisotopic (exact) mass is 299 g/mol. The molecule has 4 nitrogen and oxygen atoms in total. The molecule has 0 spiro atoms. The number of nitrogens with zero attached hydrogens (tertiary/aromatic N) is 1. The van der Waals surface area contributed by atoms with E-state index in [0.717, 1.165) is 0 Å². The molecule has 1 amide bonds. The molecule has 0 bridgehead atoms. The van der Waals surface area contributed by atoms with Crippen LogP contribution in [0.1, 0.15) is 15.9 Å². The van der Waals surface area contributed by atoms with Gasteiger partial charge in [-0.15, -0.1) is 6.58 Å². The minimum absolute atomic E-state index is 0.223. The average Bonchev–Trinajstić information content (AvgIpc) is 2.55. The van der Waals surface area contributed by atoms with Crippen molar-refractivity contribution in [2.24, 2.45) is 0 Å². The summed E-state index contributed by atoms with van der Waals surface area (Å²) in [6.45, 7) is 4.59. The number of anilines is 1. The molecule has 5 heteroatoms. The highest BCUT2D eigenvalue weighted by Crippen LogP contribution is 2.07. The minimum atomic E-state index is -0.254. The number of hydrogen-bond acceptors (Lipinski definition) is 3. The Labute approximate surface area is 129 Å². The topological polar surface area (TPSA) is 54.0 Å². The zero-order valence-corrected chi connectivity index (χ0v) is 12.2. The highest BCUT2D eigenvalue weighted by Gasteiger charge is 2.06. The summed E-state index contributed by atoms with van der Waals surface area (Å²) in [4.78, 5) is 16.1. The molecular formula is C17H18FN3O. The van der Waals surface area contributed by atoms with E-state index >= 15 is 0 Å². The SMILES string of the molecule is C=CCNc1ccc(C(=O)NCCc2ccccc2F)cn1. The fourth-order valence-electron chi connectivity index (χ4n) is 1.92. The van der Waals surface area contributed by atoms with Gasteiger partial charge in [0.05, 0.1) is 5.56 Å². The number of benzene rings is 1. The third kappa shape index (κ3) is 4.41. The Morgan fingerprint density at radius 1 is 1.27 bits per heavy atom. The molecule has 0 saturated heterocycles. The summed E-state index contributed by atoms with van der Waals surface area (Å²) in [6.07, 6.45) is 3.68. The van der Waals surface area contributed by atoms with Crippen LogP contribution in [-0.2, 0) is 6.42 Å². The zero-order chi connectivity index (χ0) is 15.8. The molecule has 22 heavy (non-hydrogen) atoms. The van der Waals surface area contributed by atoms with E-state index < -0.39 is 0 Å². The summed E-state index contributed by atoms with van der Waals surface area (Å²) in [5, 5.41) is 5.78. The van der Waals surface area contributed by atoms with Crippen molar-refractivity contribution >= 4 is 11.7 Å². The molecule has 0 aliphatic rings. The maximum absolute atomic E-state index is 13.4. The van der Waals surface area contributed by atoms with Crippen molar-refractivity contribution in [3.63, 3.8) is 0 Å². The summed E-state index contributed by atoms with van der Waals surface area (Å²) in [5.41, 5.74) is 1.06. The van der Waals surface area contributed by atoms with Crippen molar-refractivity contribution in [3.05, 3.63) is 72.2 Å². The maximum atomic E-state index is 13.4. The Balaban J connectivity index is 1.84. The maximum Gasteiger partial charge on any atom is 0.252 e. The molecular weight excluding hydrogens is 281 g/mol. The second-order valence-corrected chi connectivity index (χ2v) is 4.70. The molecule has 1 aromatic carbocycles. The van der Waals surface area contributed by atoms with Crippen LogP contribution >= 0.6 is 0 Å². The first kappa shape index (κ1) is 15.7. The molecule has 2 N–H and O–H groups in total. The van der Waals surface area contributed by atoms with Crippen molar-refractivity contribution in [2.45, 2.75) is 6.42 Å². The number of amides is 1. The van der Waals surface area contributed by atoms with Gasteiger partial charge in [-0.1, -0.05) is 24.3 Å². The Bertz CT molecular complexity index is 641. The normalized spacial score (nSPS) is 10.0. The second-order valence-electron chi connectivity index (χ2n) is 4.70. The van der Waals surface area contributed by atoms with Crippen LogP contribution in [0, 0.1) is 5.82 Å². The van der Waals surface area contributed by atoms with Crippen molar-refractivity contribution in [1.29, 1.82) is 0 Å². The molecule has 2 rings (SSSR count). The van der Waals surface area contributed by atoms with Gasteiger partial charge in [-0.25, -0.2) is 9.37 Å². The van der Waals surface area contributed by atoms with E-state index in [4.69, 9.17) is 0 Å². The van der Waals surface area contributed by atoms with Gasteiger partial charge in [0, 0.05) is 19.3 Å². The highest BCUT2D eigenvalue weighted by atomic mass is 19.1. The molecule has 0 aliphatic heterocycles. The first-order valence-electron chi connectivity index (χ1n) is 7.03. The lowest BCUT2D eigenvalue weighted by Gasteiger charge is -2.07. The van der Waals surface area contributed by atoms with Crippen molar-refractivity contribution in [3.8, 4) is 0 Å². The Kier molecular flexibility index (Phi) is 5.65. The van der Waals surface area contributed by atoms with E-state index in [-0.39, 0.29) is 11.7 Å². The van der Waals surface area contributed by atoms with E-state index in [9.17, 15) is 9.18 Å². The van der Waals surface area contributed by atoms with Crippen LogP contribution in [0.5, 0.6) is 0 Å². The molecule has 0 fully saturated rings. The summed E-state index contributed by atoms with van der Waals surface area (Å²) >= 11 is 0. The summed E-state index contributed by atoms with van der Waals surface area (Å²) in [6, 6.07) is 9.97. The van der Waals surface area contributed by atoms with Crippen LogP contribution in [-0.4, -0.2) is 24.0 Å². The minimum Gasteiger partial charge on any atom is -0.367 e. The van der Waals surface area contributed by atoms with Crippen molar-refractivity contribution in [2.75, 3.05) is 18.4 Å². The second kappa shape index (κ2) is 7.93. The number of hydrogen-bond donors (Lipinski definition) is 2. The smallest absolute Gasteiger partial charge is 0.252 e. The molecule has 0 unspecified atom stereocenters. The number of carbonyl (C=O) groups excluding carboxylic acids is 1. The highest BCUT2D eigenvalue weighted by molar-refractivity contribution is 5.94. The molecule has 2 aromatic rings. The number of nitrogens with one attached hydrogen (secondary N) is 2. The van der Waals surface area contributed by atoms with Crippen molar-refractivity contribution < 1.29 is 9.18 Å². The lowest BCUT2D eigenvalue weighted by Crippen LogP contribution is -2.26. The Morgan fingerprint density at radius 3 is 2.77 bits per heavy atom. The first-order valence-corrected chi connectivity index (χ1v) is 7.03. The van der Waals surface area contributed by atoms with Crippen LogP contribution in [0.25, 0.3) is 0 Å². The van der Waals surface area contributed by atoms with Crippen LogP contribution in [0.15, 0.2) is 55.3 Å². The lowest BCUT2D eigenvalue weighted by molar-refractivity contribution is 0.0953. The van der Waals surface area contributed by atoms with Gasteiger partial charge in [0.25, 0.3) is 5.91 Å². The fraction of sp³-hybridized carbons (Fsp3) is 0.176. The zero-order valence-electron chi connectivity index (χ0n) is 12.2. The number of halogens is 1. The van der Waals surface area contributed by atoms with Gasteiger partial charge in [0.1, 0.15) is 11.6 Å². The molecule has 0 saturated carbocycles. The Morgan fingerprint density at radius 2 is 2.09 bits per heavy atom. The Hall–Kier alpha value is -2.69. The largest absolute Gasteiger partial charge is 0.367 e. The molecule has 0 atom stereocenters. The molecule has 1 aromatic heterocycles. The summed E-state index contributed by atoms with van der Waals surface area (Å²) in [5.74, 6) is 0.206. The number of aromatic nitrogens is 1. The number of rotatable bonds is 7. The van der Waals surface area contributed by atoms with E-state index in [0.29, 0.717) is 36.5 Å². The predicted octanol–water partition coefficient (Wildman–Crippen LogP) is 2.79. The lowest BCUT2D eigenvalue weighted by atomic mass is 10.1. The molecule has 0 aliphatic carbocycles. The molecule has 0 radical (unpaired) electrons. The summed E-state index contributed by atoms with van der Waals surface area (Å²) < 4.78 is 13.4. The number of pyridine rings is 1. The van der Waals surface area contributed by atoms with Crippen LogP contribution in [0.2, 0.25) is 0 Å². The van der Waals surface area contributed by atoms with E-state index in [1.165, 1.54) is 12.3 Å². The standard InChI is InChI=1S/C17H18FN3O/c1-2-10-19-16-8-7-14(12-21-16)17(22)20-11-9-13-5-3-4-6-15(13)18/h2-8,12H,1,9-11H2,(H,19,21)(H,20,22). The molecule has 114 valence electrons. The van der Waals surface area contributed by atoms with Gasteiger partial charge in [0.2, 0.25) is 0 Å². The van der Waals surface area contributed by atoms with Gasteiger partial charge in [-0.3, -0.25) is 4.79 Å². The predicted molar refractivity (Wildman–Crippen MR) is 85.4 cm³/mol. The van der Waals surface area contributed by atoms with Gasteiger partial charge in [-0.2, -0.15) is 0 Å². The molecule has 1 heterocycles. The third-order valence-electron chi connectivity index (χ3n) is 3.09. The van der Waals surface area contributed by atoms with Gasteiger partial charge in [-0.05, 0) is 30.2 Å². The summed E-state index contributed by atoms with van der Waals surface area (Å²) in [7, 11) is 0. The average molecular weight is 299 g/mol. The van der Waals surface area contributed by atoms with Gasteiger partial charge in [0.15, 0.2) is 0 Å². The van der Waals surface area contributed by atoms with Gasteiger partial charge < -0.3 is 10.6 Å². The van der Waals surface area contributed by atoms with E-state index in [2.05, 4.69) is 22.2 Å². The van der Waals surface area contributed by atoms with Crippen LogP contribution in [0.3, 0.4) is 0 Å². The first-order chi connectivity index (χ1) is 10.7. The van der Waals surface area contributed by atoms with Crippen LogP contribution < -0.4 is 10.6 Å². The van der Waals surface area contributed by atoms with E-state index in [1.807, 2.05) is 0 Å². The van der Waals surface area contributed by atoms with Crippen molar-refractivity contribution in [1.82, 2.24) is 10.3 Å². The van der Waals surface area contributed by atoms with E-state index in [1.54, 1.807) is 36.4 Å². The fourth-order valence-corrected chi connectivity index (χ4v) is 1.92. The van der Waals surface area contributed by atoms with Gasteiger partial charge >= 0.3 is 0 Å². The third-order valence-corrected chi connectivity index (χ3v) is 3.09. The van der Waals surface area contributed by atoms with Crippen LogP contribution in [0.4, 0.5) is 10.2 Å².